The van der Waals surface area contributed by atoms with Gasteiger partial charge in [-0.1, -0.05) is 42.1 Å². The Morgan fingerprint density at radius 1 is 1.20 bits per heavy atom. The van der Waals surface area contributed by atoms with Crippen LogP contribution >= 0.6 is 24.0 Å². The summed E-state index contributed by atoms with van der Waals surface area (Å²) in [7, 11) is 0. The van der Waals surface area contributed by atoms with Gasteiger partial charge in [-0.15, -0.1) is 0 Å². The largest absolute Gasteiger partial charge is 0.508 e. The lowest BCUT2D eigenvalue weighted by molar-refractivity contribution is -0.123. The van der Waals surface area contributed by atoms with E-state index in [0.29, 0.717) is 10.5 Å². The van der Waals surface area contributed by atoms with Crippen molar-refractivity contribution in [2.45, 2.75) is 6.92 Å². The number of nitrogens with one attached hydrogen (secondary N) is 1. The maximum absolute atomic E-state index is 12.5. The molecular weight excluding hydrogens is 356 g/mol. The van der Waals surface area contributed by atoms with Crippen molar-refractivity contribution in [1.29, 1.82) is 0 Å². The molecule has 1 aliphatic heterocycles. The van der Waals surface area contributed by atoms with Crippen molar-refractivity contribution in [1.82, 2.24) is 10.4 Å². The second-order valence-electron chi connectivity index (χ2n) is 5.36. The van der Waals surface area contributed by atoms with Crippen LogP contribution in [0, 0.1) is 6.92 Å². The van der Waals surface area contributed by atoms with E-state index in [4.69, 9.17) is 12.2 Å². The van der Waals surface area contributed by atoms with E-state index in [1.165, 1.54) is 12.1 Å². The van der Waals surface area contributed by atoms with Crippen LogP contribution in [0.3, 0.4) is 0 Å². The number of carbonyl (C=O) groups excluding carboxylic acids is 2. The fourth-order valence-electron chi connectivity index (χ4n) is 2.28. The van der Waals surface area contributed by atoms with E-state index < -0.39 is 0 Å². The first-order chi connectivity index (χ1) is 12.0. The van der Waals surface area contributed by atoms with Crippen molar-refractivity contribution >= 4 is 46.2 Å². The molecule has 0 bridgehead atoms. The first-order valence-corrected chi connectivity index (χ1v) is 8.62. The smallest absolute Gasteiger partial charge is 0.285 e. The minimum atomic E-state index is -0.389. The molecule has 0 aliphatic carbocycles. The van der Waals surface area contributed by atoms with Gasteiger partial charge in [0.05, 0.1) is 4.91 Å². The van der Waals surface area contributed by atoms with Gasteiger partial charge in [-0.25, -0.2) is 0 Å². The van der Waals surface area contributed by atoms with Crippen LogP contribution in [-0.4, -0.2) is 26.3 Å². The average molecular weight is 370 g/mol. The second kappa shape index (κ2) is 7.08. The van der Waals surface area contributed by atoms with E-state index in [0.717, 1.165) is 27.9 Å². The van der Waals surface area contributed by atoms with Crippen LogP contribution in [0.2, 0.25) is 0 Å². The van der Waals surface area contributed by atoms with Crippen molar-refractivity contribution in [2.24, 2.45) is 0 Å². The van der Waals surface area contributed by atoms with Crippen molar-refractivity contribution in [3.8, 4) is 5.75 Å². The van der Waals surface area contributed by atoms with Crippen LogP contribution < -0.4 is 5.43 Å². The number of hydrazine groups is 1. The zero-order valence-electron chi connectivity index (χ0n) is 13.2. The SMILES string of the molecule is Cc1ccccc1C(=O)NN1C(=O)/C(=C\c2ccc(O)cc2)SC1=S. The number of phenols is 1. The Morgan fingerprint density at radius 2 is 1.88 bits per heavy atom. The van der Waals surface area contributed by atoms with E-state index in [-0.39, 0.29) is 21.9 Å². The standard InChI is InChI=1S/C18H14N2O3S2/c1-11-4-2-3-5-14(11)16(22)19-20-17(23)15(25-18(20)24)10-12-6-8-13(21)9-7-12/h2-10,21H,1H3,(H,19,22)/b15-10+. The molecule has 0 saturated carbocycles. The highest BCUT2D eigenvalue weighted by molar-refractivity contribution is 8.26. The number of hydrogen-bond donors (Lipinski definition) is 2. The quantitative estimate of drug-likeness (QED) is 0.641. The molecule has 2 N–H and O–H groups in total. The third kappa shape index (κ3) is 3.72. The number of thiocarbonyl (C=S) groups is 1. The molecule has 5 nitrogen and oxygen atoms in total. The molecule has 2 aromatic carbocycles. The molecule has 0 atom stereocenters. The zero-order valence-corrected chi connectivity index (χ0v) is 14.9. The fraction of sp³-hybridized carbons (Fsp3) is 0.0556. The monoisotopic (exact) mass is 370 g/mol. The number of aryl methyl sites for hydroxylation is 1. The molecule has 126 valence electrons. The Hall–Kier alpha value is -2.64. The van der Waals surface area contributed by atoms with Crippen molar-refractivity contribution in [3.63, 3.8) is 0 Å². The highest BCUT2D eigenvalue weighted by Crippen LogP contribution is 2.31. The van der Waals surface area contributed by atoms with Crippen LogP contribution in [0.25, 0.3) is 6.08 Å². The predicted octanol–water partition coefficient (Wildman–Crippen LogP) is 3.25. The molecule has 3 rings (SSSR count). The summed E-state index contributed by atoms with van der Waals surface area (Å²) in [5.74, 6) is -0.625. The summed E-state index contributed by atoms with van der Waals surface area (Å²) in [6.07, 6.45) is 1.67. The summed E-state index contributed by atoms with van der Waals surface area (Å²) >= 11 is 6.32. The maximum atomic E-state index is 12.5. The van der Waals surface area contributed by atoms with Gasteiger partial charge in [0.2, 0.25) is 0 Å². The van der Waals surface area contributed by atoms with Gasteiger partial charge in [0.15, 0.2) is 4.32 Å². The number of carbonyl (C=O) groups is 2. The minimum Gasteiger partial charge on any atom is -0.508 e. The summed E-state index contributed by atoms with van der Waals surface area (Å²) in [5.41, 5.74) is 4.61. The van der Waals surface area contributed by atoms with E-state index >= 15 is 0 Å². The van der Waals surface area contributed by atoms with Crippen LogP contribution in [0.1, 0.15) is 21.5 Å². The highest BCUT2D eigenvalue weighted by Gasteiger charge is 2.33. The summed E-state index contributed by atoms with van der Waals surface area (Å²) in [6.45, 7) is 1.82. The molecule has 2 aromatic rings. The van der Waals surface area contributed by atoms with E-state index in [2.05, 4.69) is 5.43 Å². The van der Waals surface area contributed by atoms with Crippen LogP contribution in [0.4, 0.5) is 0 Å². The number of thioether (sulfide) groups is 1. The fourth-order valence-corrected chi connectivity index (χ4v) is 3.45. The van der Waals surface area contributed by atoms with E-state index in [9.17, 15) is 14.7 Å². The minimum absolute atomic E-state index is 0.148. The average Bonchev–Trinajstić information content (AvgIpc) is 2.85. The molecule has 1 fully saturated rings. The van der Waals surface area contributed by atoms with Crippen molar-refractivity contribution in [2.75, 3.05) is 0 Å². The van der Waals surface area contributed by atoms with Crippen molar-refractivity contribution in [3.05, 3.63) is 70.1 Å². The summed E-state index contributed by atoms with van der Waals surface area (Å²) in [6, 6.07) is 13.6. The zero-order chi connectivity index (χ0) is 18.0. The summed E-state index contributed by atoms with van der Waals surface area (Å²) in [4.78, 5) is 25.3. The van der Waals surface area contributed by atoms with Gasteiger partial charge < -0.3 is 5.11 Å². The molecule has 2 amide bonds. The van der Waals surface area contributed by atoms with E-state index in [1.807, 2.05) is 19.1 Å². The number of rotatable bonds is 3. The molecule has 25 heavy (non-hydrogen) atoms. The highest BCUT2D eigenvalue weighted by atomic mass is 32.2. The lowest BCUT2D eigenvalue weighted by atomic mass is 10.1. The van der Waals surface area contributed by atoms with Gasteiger partial charge in [-0.05, 0) is 54.5 Å². The van der Waals surface area contributed by atoms with Gasteiger partial charge >= 0.3 is 0 Å². The molecule has 0 aromatic heterocycles. The number of hydrogen-bond acceptors (Lipinski definition) is 5. The maximum Gasteiger partial charge on any atom is 0.285 e. The Labute approximate surface area is 154 Å². The topological polar surface area (TPSA) is 69.6 Å². The van der Waals surface area contributed by atoms with Crippen LogP contribution in [0.15, 0.2) is 53.4 Å². The Kier molecular flexibility index (Phi) is 4.87. The molecule has 1 saturated heterocycles. The molecule has 7 heteroatoms. The third-order valence-corrected chi connectivity index (χ3v) is 4.89. The second-order valence-corrected chi connectivity index (χ2v) is 7.04. The first-order valence-electron chi connectivity index (χ1n) is 7.39. The van der Waals surface area contributed by atoms with Gasteiger partial charge in [-0.3, -0.25) is 15.0 Å². The molecule has 0 unspecified atom stereocenters. The van der Waals surface area contributed by atoms with Crippen LogP contribution in [-0.2, 0) is 4.79 Å². The Bertz CT molecular complexity index is 891. The van der Waals surface area contributed by atoms with Gasteiger partial charge in [0.1, 0.15) is 5.75 Å². The molecular formula is C18H14N2O3S2. The molecule has 1 heterocycles. The summed E-state index contributed by atoms with van der Waals surface area (Å²) < 4.78 is 0.261. The number of nitrogens with zero attached hydrogens (tertiary/aromatic N) is 1. The number of aromatic hydroxyl groups is 1. The molecule has 1 aliphatic rings. The first kappa shape index (κ1) is 17.2. The number of benzene rings is 2. The number of amides is 2. The van der Waals surface area contributed by atoms with Gasteiger partial charge in [0.25, 0.3) is 11.8 Å². The van der Waals surface area contributed by atoms with Crippen LogP contribution in [0.5, 0.6) is 5.75 Å². The number of phenolic OH excluding ortho intramolecular Hbond substituents is 1. The normalized spacial score (nSPS) is 15.7. The lowest BCUT2D eigenvalue weighted by Gasteiger charge is -2.16. The van der Waals surface area contributed by atoms with Gasteiger partial charge in [-0.2, -0.15) is 5.01 Å². The molecule has 0 radical (unpaired) electrons. The predicted molar refractivity (Wildman–Crippen MR) is 102 cm³/mol. The summed E-state index contributed by atoms with van der Waals surface area (Å²) in [5, 5.41) is 10.4. The molecule has 0 spiro atoms. The lowest BCUT2D eigenvalue weighted by Crippen LogP contribution is -2.45. The van der Waals surface area contributed by atoms with E-state index in [1.54, 1.807) is 30.3 Å². The third-order valence-electron chi connectivity index (χ3n) is 3.59. The Balaban J connectivity index is 1.79. The van der Waals surface area contributed by atoms with Gasteiger partial charge in [0, 0.05) is 5.56 Å². The van der Waals surface area contributed by atoms with Crippen molar-refractivity contribution < 1.29 is 14.7 Å². The Morgan fingerprint density at radius 3 is 2.56 bits per heavy atom.